The number of ether oxygens (including phenoxy) is 1. The number of hydrogen-bond donors (Lipinski definition) is 1. The number of thioether (sulfide) groups is 1. The van der Waals surface area contributed by atoms with Crippen molar-refractivity contribution in [1.29, 1.82) is 0 Å². The smallest absolute Gasteiger partial charge is 0.248 e. The van der Waals surface area contributed by atoms with Gasteiger partial charge in [0.05, 0.1) is 0 Å². The highest BCUT2D eigenvalue weighted by Gasteiger charge is 2.46. The zero-order valence-electron chi connectivity index (χ0n) is 9.71. The highest BCUT2D eigenvalue weighted by molar-refractivity contribution is 8.15. The fraction of sp³-hybridized carbons (Fsp3) is 0.333. The third kappa shape index (κ3) is 2.08. The van der Waals surface area contributed by atoms with Crippen molar-refractivity contribution in [1.82, 2.24) is 0 Å². The minimum absolute atomic E-state index is 0.366. The first-order chi connectivity index (χ1) is 8.08. The third-order valence-corrected chi connectivity index (χ3v) is 4.16. The van der Waals surface area contributed by atoms with Gasteiger partial charge in [-0.25, -0.2) is 0 Å². The Labute approximate surface area is 104 Å². The number of rotatable bonds is 3. The minimum atomic E-state index is -0.995. The van der Waals surface area contributed by atoms with Gasteiger partial charge in [0.1, 0.15) is 10.5 Å². The number of amides is 1. The molecule has 1 aliphatic rings. The molecule has 1 heterocycles. The Morgan fingerprint density at radius 1 is 1.47 bits per heavy atom. The maximum absolute atomic E-state index is 11.5. The second-order valence-electron chi connectivity index (χ2n) is 3.98. The van der Waals surface area contributed by atoms with E-state index in [2.05, 4.69) is 4.99 Å². The molecule has 1 amide bonds. The van der Waals surface area contributed by atoms with Crippen molar-refractivity contribution >= 4 is 22.7 Å². The van der Waals surface area contributed by atoms with Gasteiger partial charge in [-0.3, -0.25) is 9.79 Å². The van der Waals surface area contributed by atoms with Gasteiger partial charge in [-0.1, -0.05) is 42.1 Å². The van der Waals surface area contributed by atoms with Crippen molar-refractivity contribution in [2.24, 2.45) is 10.7 Å². The fourth-order valence-corrected chi connectivity index (χ4v) is 2.88. The average Bonchev–Trinajstić information content (AvgIpc) is 2.69. The van der Waals surface area contributed by atoms with E-state index >= 15 is 0 Å². The first-order valence-corrected chi connectivity index (χ1v) is 6.10. The van der Waals surface area contributed by atoms with E-state index in [1.807, 2.05) is 30.3 Å². The molecule has 0 saturated carbocycles. The van der Waals surface area contributed by atoms with E-state index in [0.29, 0.717) is 0 Å². The number of benzene rings is 1. The molecule has 1 unspecified atom stereocenters. The molecule has 2 rings (SSSR count). The van der Waals surface area contributed by atoms with Crippen molar-refractivity contribution < 1.29 is 9.53 Å². The predicted molar refractivity (Wildman–Crippen MR) is 69.0 cm³/mol. The standard InChI is InChI=1S/C12H14N2O2S/c1-12(10(13)15)11(16-2)17-9(14-12)8-6-4-3-5-7-8/h3-7,11H,1-2H3,(H2,13,15)/t11?,12-/m1/s1. The van der Waals surface area contributed by atoms with Crippen LogP contribution in [0.5, 0.6) is 0 Å². The topological polar surface area (TPSA) is 64.7 Å². The first kappa shape index (κ1) is 12.1. The molecular weight excluding hydrogens is 236 g/mol. The summed E-state index contributed by atoms with van der Waals surface area (Å²) in [4.78, 5) is 15.9. The molecule has 4 nitrogen and oxygen atoms in total. The van der Waals surface area contributed by atoms with Crippen LogP contribution in [0.15, 0.2) is 35.3 Å². The number of carbonyl (C=O) groups excluding carboxylic acids is 1. The largest absolute Gasteiger partial charge is 0.367 e. The number of nitrogens with two attached hydrogens (primary N) is 1. The lowest BCUT2D eigenvalue weighted by Crippen LogP contribution is -2.46. The summed E-state index contributed by atoms with van der Waals surface area (Å²) in [5.41, 5.74) is 5.01. The monoisotopic (exact) mass is 250 g/mol. The van der Waals surface area contributed by atoms with Gasteiger partial charge in [-0.05, 0) is 6.92 Å². The highest BCUT2D eigenvalue weighted by Crippen LogP contribution is 2.38. The molecule has 90 valence electrons. The van der Waals surface area contributed by atoms with Crippen LogP contribution in [-0.4, -0.2) is 29.0 Å². The fourth-order valence-electron chi connectivity index (χ4n) is 1.67. The number of aliphatic imine (C=N–C) groups is 1. The summed E-state index contributed by atoms with van der Waals surface area (Å²) in [6.07, 6.45) is 0. The van der Waals surface area contributed by atoms with E-state index in [1.165, 1.54) is 11.8 Å². The molecule has 0 radical (unpaired) electrons. The summed E-state index contributed by atoms with van der Waals surface area (Å²) >= 11 is 1.43. The van der Waals surface area contributed by atoms with Crippen LogP contribution in [0.25, 0.3) is 0 Å². The molecule has 0 fully saturated rings. The lowest BCUT2D eigenvalue weighted by molar-refractivity contribution is -0.124. The molecule has 0 aliphatic carbocycles. The Bertz CT molecular complexity index is 461. The summed E-state index contributed by atoms with van der Waals surface area (Å²) < 4.78 is 5.29. The van der Waals surface area contributed by atoms with Gasteiger partial charge >= 0.3 is 0 Å². The Hall–Kier alpha value is -1.33. The summed E-state index contributed by atoms with van der Waals surface area (Å²) in [7, 11) is 1.56. The molecule has 0 bridgehead atoms. The van der Waals surface area contributed by atoms with Crippen LogP contribution in [-0.2, 0) is 9.53 Å². The van der Waals surface area contributed by atoms with Crippen molar-refractivity contribution in [3.05, 3.63) is 35.9 Å². The van der Waals surface area contributed by atoms with Gasteiger partial charge in [-0.2, -0.15) is 0 Å². The van der Waals surface area contributed by atoms with Crippen LogP contribution < -0.4 is 5.73 Å². The lowest BCUT2D eigenvalue weighted by atomic mass is 10.0. The van der Waals surface area contributed by atoms with Gasteiger partial charge in [-0.15, -0.1) is 0 Å². The molecular formula is C12H14N2O2S. The highest BCUT2D eigenvalue weighted by atomic mass is 32.2. The van der Waals surface area contributed by atoms with Gasteiger partial charge in [0, 0.05) is 12.7 Å². The quantitative estimate of drug-likeness (QED) is 0.881. The van der Waals surface area contributed by atoms with Crippen LogP contribution in [0, 0.1) is 0 Å². The van der Waals surface area contributed by atoms with E-state index in [1.54, 1.807) is 14.0 Å². The number of nitrogens with zero attached hydrogens (tertiary/aromatic N) is 1. The Morgan fingerprint density at radius 3 is 2.59 bits per heavy atom. The van der Waals surface area contributed by atoms with E-state index in [4.69, 9.17) is 10.5 Å². The Morgan fingerprint density at radius 2 is 2.12 bits per heavy atom. The van der Waals surface area contributed by atoms with Crippen molar-refractivity contribution in [2.45, 2.75) is 17.9 Å². The van der Waals surface area contributed by atoms with E-state index in [9.17, 15) is 4.79 Å². The number of primary amides is 1. The van der Waals surface area contributed by atoms with Crippen molar-refractivity contribution in [2.75, 3.05) is 7.11 Å². The van der Waals surface area contributed by atoms with Crippen LogP contribution in [0.1, 0.15) is 12.5 Å². The molecule has 1 aliphatic heterocycles. The van der Waals surface area contributed by atoms with E-state index in [0.717, 1.165) is 10.6 Å². The SMILES string of the molecule is COC1SC(c2ccccc2)=N[C@]1(C)C(N)=O. The number of methoxy groups -OCH3 is 1. The second-order valence-corrected chi connectivity index (χ2v) is 5.03. The molecule has 5 heteroatoms. The van der Waals surface area contributed by atoms with Gasteiger partial charge in [0.15, 0.2) is 5.54 Å². The zero-order chi connectivity index (χ0) is 12.5. The summed E-state index contributed by atoms with van der Waals surface area (Å²) in [5.74, 6) is -0.470. The molecule has 2 atom stereocenters. The van der Waals surface area contributed by atoms with E-state index in [-0.39, 0.29) is 5.44 Å². The normalized spacial score (nSPS) is 27.9. The maximum atomic E-state index is 11.5. The van der Waals surface area contributed by atoms with Crippen molar-refractivity contribution in [3.8, 4) is 0 Å². The third-order valence-electron chi connectivity index (χ3n) is 2.75. The minimum Gasteiger partial charge on any atom is -0.367 e. The second kappa shape index (κ2) is 4.50. The van der Waals surface area contributed by atoms with Gasteiger partial charge < -0.3 is 10.5 Å². The molecule has 0 aromatic heterocycles. The molecule has 17 heavy (non-hydrogen) atoms. The van der Waals surface area contributed by atoms with Gasteiger partial charge in [0.25, 0.3) is 0 Å². The maximum Gasteiger partial charge on any atom is 0.248 e. The van der Waals surface area contributed by atoms with Crippen LogP contribution in [0.2, 0.25) is 0 Å². The zero-order valence-corrected chi connectivity index (χ0v) is 10.5. The van der Waals surface area contributed by atoms with Gasteiger partial charge in [0.2, 0.25) is 5.91 Å². The van der Waals surface area contributed by atoms with Crippen molar-refractivity contribution in [3.63, 3.8) is 0 Å². The molecule has 0 saturated heterocycles. The number of hydrogen-bond acceptors (Lipinski definition) is 4. The molecule has 0 spiro atoms. The number of carbonyl (C=O) groups is 1. The first-order valence-electron chi connectivity index (χ1n) is 5.22. The lowest BCUT2D eigenvalue weighted by Gasteiger charge is -2.22. The molecule has 2 N–H and O–H groups in total. The van der Waals surface area contributed by atoms with E-state index < -0.39 is 11.4 Å². The summed E-state index contributed by atoms with van der Waals surface area (Å²) in [6, 6.07) is 9.70. The van der Waals surface area contributed by atoms with Crippen LogP contribution >= 0.6 is 11.8 Å². The van der Waals surface area contributed by atoms with Crippen LogP contribution in [0.4, 0.5) is 0 Å². The molecule has 1 aromatic carbocycles. The Kier molecular flexibility index (Phi) is 3.22. The summed E-state index contributed by atoms with van der Waals surface area (Å²) in [5, 5.41) is 0.791. The average molecular weight is 250 g/mol. The molecule has 1 aromatic rings. The Balaban J connectivity index is 2.37. The predicted octanol–water partition coefficient (Wildman–Crippen LogP) is 1.40. The van der Waals surface area contributed by atoms with Crippen LogP contribution in [0.3, 0.4) is 0 Å². The summed E-state index contributed by atoms with van der Waals surface area (Å²) in [6.45, 7) is 1.70.